The molecule has 2 aliphatic carbocycles. The molecule has 0 aliphatic heterocycles. The molecule has 6 heteroatoms. The fourth-order valence-electron chi connectivity index (χ4n) is 4.19. The molecule has 2 fully saturated rings. The highest BCUT2D eigenvalue weighted by atomic mass is 32.2. The molecule has 0 spiro atoms. The van der Waals surface area contributed by atoms with Crippen LogP contribution < -0.4 is 10.5 Å². The van der Waals surface area contributed by atoms with E-state index in [0.29, 0.717) is 12.3 Å². The second-order valence-electron chi connectivity index (χ2n) is 7.04. The number of nitrogens with two attached hydrogens (primary N) is 1. The van der Waals surface area contributed by atoms with Gasteiger partial charge in [-0.15, -0.1) is 0 Å². The molecule has 3 N–H and O–H groups in total. The summed E-state index contributed by atoms with van der Waals surface area (Å²) in [6.45, 7) is 1.91. The lowest BCUT2D eigenvalue weighted by Gasteiger charge is -2.22. The summed E-state index contributed by atoms with van der Waals surface area (Å²) in [7, 11) is -3.68. The molecule has 2 aliphatic rings. The first-order chi connectivity index (χ1) is 10.8. The number of hydrogen-bond acceptors (Lipinski definition) is 3. The summed E-state index contributed by atoms with van der Waals surface area (Å²) < 4.78 is 22.5. The van der Waals surface area contributed by atoms with Gasteiger partial charge in [-0.3, -0.25) is 4.79 Å². The van der Waals surface area contributed by atoms with Crippen LogP contribution in [0.1, 0.15) is 50.6 Å². The number of fused-ring (bicyclic) bond motifs is 2. The van der Waals surface area contributed by atoms with E-state index in [1.54, 1.807) is 12.1 Å². The molecule has 2 saturated carbocycles. The largest absolute Gasteiger partial charge is 0.350 e. The molecule has 3 rings (SSSR count). The first-order valence-corrected chi connectivity index (χ1v) is 9.79. The summed E-state index contributed by atoms with van der Waals surface area (Å²) in [5.41, 5.74) is 0.874. The van der Waals surface area contributed by atoms with E-state index in [4.69, 9.17) is 5.14 Å². The molecular formula is C17H24N2O3S. The minimum atomic E-state index is -3.68. The highest BCUT2D eigenvalue weighted by molar-refractivity contribution is 7.89. The van der Waals surface area contributed by atoms with E-state index in [0.717, 1.165) is 17.4 Å². The zero-order chi connectivity index (χ0) is 16.6. The van der Waals surface area contributed by atoms with Crippen LogP contribution in [0.25, 0.3) is 0 Å². The van der Waals surface area contributed by atoms with Gasteiger partial charge in [0.15, 0.2) is 0 Å². The van der Waals surface area contributed by atoms with Gasteiger partial charge in [0.1, 0.15) is 0 Å². The van der Waals surface area contributed by atoms with E-state index < -0.39 is 10.0 Å². The molecule has 2 bridgehead atoms. The third-order valence-corrected chi connectivity index (χ3v) is 6.35. The van der Waals surface area contributed by atoms with Crippen molar-refractivity contribution in [1.82, 2.24) is 5.32 Å². The van der Waals surface area contributed by atoms with Gasteiger partial charge in [-0.05, 0) is 61.6 Å². The van der Waals surface area contributed by atoms with Crippen molar-refractivity contribution in [2.24, 2.45) is 22.9 Å². The van der Waals surface area contributed by atoms with Crippen LogP contribution in [-0.2, 0) is 14.8 Å². The molecule has 0 radical (unpaired) electrons. The summed E-state index contributed by atoms with van der Waals surface area (Å²) in [6.07, 6.45) is 5.75. The van der Waals surface area contributed by atoms with Crippen LogP contribution in [0.2, 0.25) is 0 Å². The zero-order valence-corrected chi connectivity index (χ0v) is 14.2. The van der Waals surface area contributed by atoms with Gasteiger partial charge in [0, 0.05) is 6.42 Å². The molecule has 0 saturated heterocycles. The molecule has 0 aromatic heterocycles. The van der Waals surface area contributed by atoms with Crippen molar-refractivity contribution >= 4 is 15.9 Å². The van der Waals surface area contributed by atoms with Crippen molar-refractivity contribution < 1.29 is 13.2 Å². The van der Waals surface area contributed by atoms with Crippen LogP contribution in [-0.4, -0.2) is 14.3 Å². The van der Waals surface area contributed by atoms with Crippen molar-refractivity contribution in [2.75, 3.05) is 0 Å². The number of carbonyl (C=O) groups is 1. The molecule has 1 aromatic carbocycles. The van der Waals surface area contributed by atoms with Crippen molar-refractivity contribution in [2.45, 2.75) is 50.0 Å². The van der Waals surface area contributed by atoms with Crippen molar-refractivity contribution in [3.63, 3.8) is 0 Å². The Labute approximate surface area is 137 Å². The van der Waals surface area contributed by atoms with Gasteiger partial charge in [-0.1, -0.05) is 18.6 Å². The highest BCUT2D eigenvalue weighted by Crippen LogP contribution is 2.49. The van der Waals surface area contributed by atoms with E-state index in [-0.39, 0.29) is 16.8 Å². The highest BCUT2D eigenvalue weighted by Gasteiger charge is 2.40. The average molecular weight is 336 g/mol. The van der Waals surface area contributed by atoms with E-state index in [1.807, 2.05) is 6.92 Å². The van der Waals surface area contributed by atoms with Gasteiger partial charge in [-0.2, -0.15) is 0 Å². The number of carbonyl (C=O) groups excluding carboxylic acids is 1. The fraction of sp³-hybridized carbons (Fsp3) is 0.588. The van der Waals surface area contributed by atoms with Gasteiger partial charge in [0.25, 0.3) is 0 Å². The Morgan fingerprint density at radius 3 is 2.48 bits per heavy atom. The van der Waals surface area contributed by atoms with Crippen LogP contribution in [0.15, 0.2) is 29.2 Å². The molecule has 1 amide bonds. The van der Waals surface area contributed by atoms with Crippen LogP contribution in [0, 0.1) is 17.8 Å². The van der Waals surface area contributed by atoms with Crippen LogP contribution in [0.5, 0.6) is 0 Å². The predicted molar refractivity (Wildman–Crippen MR) is 87.9 cm³/mol. The smallest absolute Gasteiger partial charge is 0.238 e. The minimum absolute atomic E-state index is 0.0850. The molecule has 0 unspecified atom stereocenters. The van der Waals surface area contributed by atoms with Gasteiger partial charge < -0.3 is 5.32 Å². The summed E-state index contributed by atoms with van der Waals surface area (Å²) >= 11 is 0. The van der Waals surface area contributed by atoms with E-state index in [9.17, 15) is 13.2 Å². The standard InChI is InChI=1S/C17H24N2O3S/c1-11(13-4-6-16(7-5-13)23(18,21)22)19-17(20)10-15-9-12-2-3-14(15)8-12/h4-7,11-12,14-15H,2-3,8-10H2,1H3,(H,19,20)(H2,18,21,22)/t11-,12-,14-,15-/m0/s1. The summed E-state index contributed by atoms with van der Waals surface area (Å²) in [5, 5.41) is 8.11. The first kappa shape index (κ1) is 16.5. The predicted octanol–water partition coefficient (Wildman–Crippen LogP) is 2.34. The Morgan fingerprint density at radius 1 is 1.26 bits per heavy atom. The second-order valence-corrected chi connectivity index (χ2v) is 8.60. The van der Waals surface area contributed by atoms with Gasteiger partial charge >= 0.3 is 0 Å². The van der Waals surface area contributed by atoms with E-state index >= 15 is 0 Å². The van der Waals surface area contributed by atoms with Gasteiger partial charge in [0.2, 0.25) is 15.9 Å². The van der Waals surface area contributed by atoms with E-state index in [1.165, 1.54) is 37.8 Å². The Balaban J connectivity index is 1.56. The van der Waals surface area contributed by atoms with Crippen molar-refractivity contribution in [3.05, 3.63) is 29.8 Å². The molecule has 126 valence electrons. The Hall–Kier alpha value is -1.40. The maximum absolute atomic E-state index is 12.3. The lowest BCUT2D eigenvalue weighted by molar-refractivity contribution is -0.123. The number of sulfonamides is 1. The number of nitrogens with one attached hydrogen (secondary N) is 1. The molecule has 5 nitrogen and oxygen atoms in total. The summed E-state index contributed by atoms with van der Waals surface area (Å²) in [4.78, 5) is 12.3. The average Bonchev–Trinajstić information content (AvgIpc) is 3.09. The number of amides is 1. The monoisotopic (exact) mass is 336 g/mol. The SMILES string of the molecule is C[C@H](NC(=O)C[C@@H]1C[C@H]2CC[C@H]1C2)c1ccc(S(N)(=O)=O)cc1. The Kier molecular flexibility index (Phi) is 4.47. The fourth-order valence-corrected chi connectivity index (χ4v) is 4.71. The molecule has 23 heavy (non-hydrogen) atoms. The number of hydrogen-bond donors (Lipinski definition) is 2. The Morgan fingerprint density at radius 2 is 1.96 bits per heavy atom. The van der Waals surface area contributed by atoms with Crippen LogP contribution in [0.4, 0.5) is 0 Å². The molecule has 1 aromatic rings. The van der Waals surface area contributed by atoms with Crippen molar-refractivity contribution in [1.29, 1.82) is 0 Å². The zero-order valence-electron chi connectivity index (χ0n) is 13.4. The van der Waals surface area contributed by atoms with Crippen LogP contribution >= 0.6 is 0 Å². The molecule has 4 atom stereocenters. The summed E-state index contributed by atoms with van der Waals surface area (Å²) in [5.74, 6) is 2.23. The van der Waals surface area contributed by atoms with Gasteiger partial charge in [0.05, 0.1) is 10.9 Å². The number of benzene rings is 1. The third kappa shape index (κ3) is 3.75. The maximum Gasteiger partial charge on any atom is 0.238 e. The topological polar surface area (TPSA) is 89.3 Å². The maximum atomic E-state index is 12.3. The van der Waals surface area contributed by atoms with E-state index in [2.05, 4.69) is 5.32 Å². The first-order valence-electron chi connectivity index (χ1n) is 8.25. The van der Waals surface area contributed by atoms with Crippen molar-refractivity contribution in [3.8, 4) is 0 Å². The lowest BCUT2D eigenvalue weighted by Crippen LogP contribution is -2.29. The normalized spacial score (nSPS) is 27.8. The second kappa shape index (κ2) is 6.24. The molecular weight excluding hydrogens is 312 g/mol. The number of rotatable bonds is 5. The van der Waals surface area contributed by atoms with Crippen LogP contribution in [0.3, 0.4) is 0 Å². The third-order valence-electron chi connectivity index (χ3n) is 5.42. The Bertz CT molecular complexity index is 684. The summed E-state index contributed by atoms with van der Waals surface area (Å²) in [6, 6.07) is 6.20. The van der Waals surface area contributed by atoms with Gasteiger partial charge in [-0.25, -0.2) is 13.6 Å². The quantitative estimate of drug-likeness (QED) is 0.865. The lowest BCUT2D eigenvalue weighted by atomic mass is 9.86. The minimum Gasteiger partial charge on any atom is -0.350 e. The number of primary sulfonamides is 1. The molecule has 0 heterocycles.